The van der Waals surface area contributed by atoms with Gasteiger partial charge in [0.05, 0.1) is 10.9 Å². The number of amides is 2. The first-order valence-corrected chi connectivity index (χ1v) is 10.1. The summed E-state index contributed by atoms with van der Waals surface area (Å²) >= 11 is 1.54. The van der Waals surface area contributed by atoms with Gasteiger partial charge in [0, 0.05) is 29.8 Å². The van der Waals surface area contributed by atoms with Gasteiger partial charge in [-0.3, -0.25) is 9.59 Å². The Morgan fingerprint density at radius 3 is 2.77 bits per heavy atom. The van der Waals surface area contributed by atoms with Gasteiger partial charge in [-0.25, -0.2) is 0 Å². The normalized spacial score (nSPS) is 24.8. The number of carbonyl (C=O) groups excluding carboxylic acids is 2. The fraction of sp³-hybridized carbons (Fsp3) is 0.429. The fourth-order valence-corrected chi connectivity index (χ4v) is 4.99. The molecule has 0 radical (unpaired) electrons. The number of benzene rings is 1. The number of aryl methyl sites for hydroxylation is 2. The Labute approximate surface area is 158 Å². The van der Waals surface area contributed by atoms with Crippen LogP contribution in [0.1, 0.15) is 51.4 Å². The largest absolute Gasteiger partial charge is 0.346 e. The van der Waals surface area contributed by atoms with Gasteiger partial charge in [-0.2, -0.15) is 0 Å². The molecule has 2 fully saturated rings. The first kappa shape index (κ1) is 17.3. The Bertz CT molecular complexity index is 830. The SMILES string of the molecule is CCc1cc(C(=O)N[C@@H]2CC(=O)N([C@@H]3C[C@H]3c3ccccc3)C2)sc1C. The van der Waals surface area contributed by atoms with Crippen LogP contribution in [0.25, 0.3) is 0 Å². The molecule has 2 aromatic rings. The zero-order valence-electron chi connectivity index (χ0n) is 15.2. The summed E-state index contributed by atoms with van der Waals surface area (Å²) in [5, 5.41) is 3.07. The number of carbonyl (C=O) groups is 2. The lowest BCUT2D eigenvalue weighted by Crippen LogP contribution is -2.37. The van der Waals surface area contributed by atoms with Gasteiger partial charge < -0.3 is 10.2 Å². The molecule has 1 saturated heterocycles. The van der Waals surface area contributed by atoms with E-state index >= 15 is 0 Å². The first-order chi connectivity index (χ1) is 12.6. The molecule has 2 aliphatic rings. The molecular formula is C21H24N2O2S. The van der Waals surface area contributed by atoms with Crippen LogP contribution in [0.15, 0.2) is 36.4 Å². The standard InChI is InChI=1S/C21H24N2O2S/c1-3-14-9-19(26-13(14)2)21(25)22-16-10-20(24)23(12-16)18-11-17(18)15-7-5-4-6-8-15/h4-9,16-18H,3,10-12H2,1-2H3,(H,22,25)/t16-,17+,18-/m1/s1. The summed E-state index contributed by atoms with van der Waals surface area (Å²) in [4.78, 5) is 28.9. The smallest absolute Gasteiger partial charge is 0.261 e. The molecule has 1 aliphatic carbocycles. The minimum atomic E-state index is -0.0838. The van der Waals surface area contributed by atoms with Crippen molar-refractivity contribution < 1.29 is 9.59 Å². The highest BCUT2D eigenvalue weighted by Gasteiger charge is 2.48. The Morgan fingerprint density at radius 2 is 2.08 bits per heavy atom. The van der Waals surface area contributed by atoms with E-state index < -0.39 is 0 Å². The second-order valence-corrected chi connectivity index (χ2v) is 8.54. The lowest BCUT2D eigenvalue weighted by atomic mass is 10.1. The monoisotopic (exact) mass is 368 g/mol. The van der Waals surface area contributed by atoms with Crippen molar-refractivity contribution in [1.29, 1.82) is 0 Å². The molecule has 1 saturated carbocycles. The molecule has 1 aromatic carbocycles. The summed E-state index contributed by atoms with van der Waals surface area (Å²) in [7, 11) is 0. The van der Waals surface area contributed by atoms with Crippen molar-refractivity contribution in [3.05, 3.63) is 57.3 Å². The van der Waals surface area contributed by atoms with E-state index in [9.17, 15) is 9.59 Å². The minimum Gasteiger partial charge on any atom is -0.346 e. The maximum Gasteiger partial charge on any atom is 0.261 e. The number of nitrogens with one attached hydrogen (secondary N) is 1. The molecule has 4 nitrogen and oxygen atoms in total. The molecule has 0 unspecified atom stereocenters. The van der Waals surface area contributed by atoms with E-state index in [1.165, 1.54) is 27.3 Å². The number of hydrogen-bond acceptors (Lipinski definition) is 3. The molecule has 1 N–H and O–H groups in total. The third-order valence-electron chi connectivity index (χ3n) is 5.50. The van der Waals surface area contributed by atoms with Crippen molar-refractivity contribution in [2.75, 3.05) is 6.54 Å². The number of hydrogen-bond donors (Lipinski definition) is 1. The maximum atomic E-state index is 12.5. The van der Waals surface area contributed by atoms with E-state index in [-0.39, 0.29) is 17.9 Å². The van der Waals surface area contributed by atoms with Gasteiger partial charge in [-0.1, -0.05) is 37.3 Å². The Hall–Kier alpha value is -2.14. The van der Waals surface area contributed by atoms with Crippen molar-refractivity contribution >= 4 is 23.2 Å². The van der Waals surface area contributed by atoms with Crippen LogP contribution < -0.4 is 5.32 Å². The molecule has 136 valence electrons. The van der Waals surface area contributed by atoms with Crippen molar-refractivity contribution in [2.45, 2.75) is 51.1 Å². The van der Waals surface area contributed by atoms with E-state index in [0.29, 0.717) is 24.9 Å². The fourth-order valence-electron chi connectivity index (χ4n) is 3.97. The van der Waals surface area contributed by atoms with Crippen LogP contribution in [0.2, 0.25) is 0 Å². The highest BCUT2D eigenvalue weighted by atomic mass is 32.1. The molecule has 1 aromatic heterocycles. The molecule has 5 heteroatoms. The van der Waals surface area contributed by atoms with E-state index in [0.717, 1.165) is 17.7 Å². The van der Waals surface area contributed by atoms with E-state index in [4.69, 9.17) is 0 Å². The van der Waals surface area contributed by atoms with Crippen molar-refractivity contribution in [3.63, 3.8) is 0 Å². The Kier molecular flexibility index (Phi) is 4.57. The lowest BCUT2D eigenvalue weighted by molar-refractivity contribution is -0.128. The molecule has 2 amide bonds. The average molecular weight is 369 g/mol. The van der Waals surface area contributed by atoms with Gasteiger partial charge >= 0.3 is 0 Å². The van der Waals surface area contributed by atoms with Crippen molar-refractivity contribution in [3.8, 4) is 0 Å². The van der Waals surface area contributed by atoms with E-state index in [1.54, 1.807) is 0 Å². The van der Waals surface area contributed by atoms with Crippen LogP contribution >= 0.6 is 11.3 Å². The van der Waals surface area contributed by atoms with Gasteiger partial charge in [0.2, 0.25) is 5.91 Å². The molecule has 3 atom stereocenters. The second kappa shape index (κ2) is 6.88. The van der Waals surface area contributed by atoms with Gasteiger partial charge in [-0.15, -0.1) is 11.3 Å². The highest BCUT2D eigenvalue weighted by molar-refractivity contribution is 7.14. The molecule has 0 spiro atoms. The summed E-state index contributed by atoms with van der Waals surface area (Å²) in [5.41, 5.74) is 2.53. The number of thiophene rings is 1. The van der Waals surface area contributed by atoms with Gasteiger partial charge in [0.15, 0.2) is 0 Å². The van der Waals surface area contributed by atoms with E-state index in [1.807, 2.05) is 29.2 Å². The molecule has 2 heterocycles. The lowest BCUT2D eigenvalue weighted by Gasteiger charge is -2.17. The predicted octanol–water partition coefficient (Wildman–Crippen LogP) is 3.51. The third kappa shape index (κ3) is 3.28. The molecule has 0 bridgehead atoms. The van der Waals surface area contributed by atoms with Crippen LogP contribution in [0.3, 0.4) is 0 Å². The second-order valence-electron chi connectivity index (χ2n) is 7.29. The summed E-state index contributed by atoms with van der Waals surface area (Å²) in [6, 6.07) is 12.6. The van der Waals surface area contributed by atoms with Crippen molar-refractivity contribution in [1.82, 2.24) is 10.2 Å². The molecule has 4 rings (SSSR count). The molecular weight excluding hydrogens is 344 g/mol. The van der Waals surface area contributed by atoms with Crippen LogP contribution in [0.4, 0.5) is 0 Å². The van der Waals surface area contributed by atoms with Crippen LogP contribution in [0, 0.1) is 6.92 Å². The molecule has 1 aliphatic heterocycles. The summed E-state index contributed by atoms with van der Waals surface area (Å²) in [5.74, 6) is 0.560. The van der Waals surface area contributed by atoms with Crippen LogP contribution in [-0.2, 0) is 11.2 Å². The van der Waals surface area contributed by atoms with Crippen LogP contribution in [0.5, 0.6) is 0 Å². The highest BCUT2D eigenvalue weighted by Crippen LogP contribution is 2.45. The van der Waals surface area contributed by atoms with Gasteiger partial charge in [-0.05, 0) is 37.0 Å². The van der Waals surface area contributed by atoms with Gasteiger partial charge in [0.25, 0.3) is 5.91 Å². The minimum absolute atomic E-state index is 0.0483. The zero-order chi connectivity index (χ0) is 18.3. The summed E-state index contributed by atoms with van der Waals surface area (Å²) < 4.78 is 0. The summed E-state index contributed by atoms with van der Waals surface area (Å²) in [6.45, 7) is 4.78. The number of rotatable bonds is 5. The number of nitrogens with zero attached hydrogens (tertiary/aromatic N) is 1. The topological polar surface area (TPSA) is 49.4 Å². The third-order valence-corrected chi connectivity index (χ3v) is 6.60. The summed E-state index contributed by atoms with van der Waals surface area (Å²) in [6.07, 6.45) is 2.38. The van der Waals surface area contributed by atoms with E-state index in [2.05, 4.69) is 31.3 Å². The molecule has 26 heavy (non-hydrogen) atoms. The predicted molar refractivity (Wildman–Crippen MR) is 104 cm³/mol. The van der Waals surface area contributed by atoms with Gasteiger partial charge in [0.1, 0.15) is 0 Å². The first-order valence-electron chi connectivity index (χ1n) is 9.31. The Balaban J connectivity index is 1.37. The van der Waals surface area contributed by atoms with Crippen molar-refractivity contribution in [2.24, 2.45) is 0 Å². The average Bonchev–Trinajstić information content (AvgIpc) is 3.22. The number of likely N-dealkylation sites (tertiary alicyclic amines) is 1. The Morgan fingerprint density at radius 1 is 1.31 bits per heavy atom. The zero-order valence-corrected chi connectivity index (χ0v) is 16.0. The maximum absolute atomic E-state index is 12.5. The van der Waals surface area contributed by atoms with Crippen LogP contribution in [-0.4, -0.2) is 35.3 Å². The quantitative estimate of drug-likeness (QED) is 0.878.